The summed E-state index contributed by atoms with van der Waals surface area (Å²) in [5.41, 5.74) is 0.760. The minimum atomic E-state index is -0.886. The maximum Gasteiger partial charge on any atom is 0.340 e. The molecule has 0 aromatic heterocycles. The zero-order valence-corrected chi connectivity index (χ0v) is 20.9. The molecular formula is C26H38N2O6. The van der Waals surface area contributed by atoms with E-state index in [9.17, 15) is 19.8 Å². The van der Waals surface area contributed by atoms with Crippen LogP contribution < -0.4 is 5.32 Å². The molecule has 4 rings (SSSR count). The van der Waals surface area contributed by atoms with Crippen LogP contribution in [-0.4, -0.2) is 80.0 Å². The van der Waals surface area contributed by atoms with Gasteiger partial charge in [-0.3, -0.25) is 4.79 Å². The number of nitrogens with one attached hydrogen (secondary N) is 1. The summed E-state index contributed by atoms with van der Waals surface area (Å²) in [6.07, 6.45) is 3.99. The standard InChI is InChI=1S/C26H38N2O6/c1-25-10-9-17-20(16(25)7-8-18(25)29)22(30)23(31)21-15(13-27-11-6-12-28(3)4)24(32)34-19(14-33-5)26(17,21)2/h13,16,18-19,27,29,31H,6-12,14H2,1-5H3/b15-13-/t16?,18-,19+,25-,26-/m0/s1. The number of carbonyl (C=O) groups is 2. The van der Waals surface area contributed by atoms with Gasteiger partial charge in [-0.15, -0.1) is 0 Å². The second-order valence-electron chi connectivity index (χ2n) is 10.8. The number of hydrogen-bond acceptors (Lipinski definition) is 8. The van der Waals surface area contributed by atoms with Crippen LogP contribution in [0.4, 0.5) is 0 Å². The van der Waals surface area contributed by atoms with E-state index in [2.05, 4.69) is 10.2 Å². The highest BCUT2D eigenvalue weighted by molar-refractivity contribution is 6.12. The van der Waals surface area contributed by atoms with E-state index in [-0.39, 0.29) is 23.9 Å². The molecule has 8 nitrogen and oxygen atoms in total. The van der Waals surface area contributed by atoms with Crippen LogP contribution >= 0.6 is 0 Å². The van der Waals surface area contributed by atoms with Crippen LogP contribution in [0.1, 0.15) is 46.0 Å². The molecule has 1 unspecified atom stereocenters. The molecule has 4 aliphatic rings. The Morgan fingerprint density at radius 3 is 2.68 bits per heavy atom. The van der Waals surface area contributed by atoms with Gasteiger partial charge in [0.05, 0.1) is 23.7 Å². The van der Waals surface area contributed by atoms with Gasteiger partial charge in [-0.05, 0) is 71.2 Å². The zero-order chi connectivity index (χ0) is 24.8. The summed E-state index contributed by atoms with van der Waals surface area (Å²) >= 11 is 0. The molecule has 34 heavy (non-hydrogen) atoms. The summed E-state index contributed by atoms with van der Waals surface area (Å²) in [4.78, 5) is 28.7. The number of allylic oxidation sites excluding steroid dienone is 1. The minimum Gasteiger partial charge on any atom is -0.504 e. The fourth-order valence-electron chi connectivity index (χ4n) is 6.57. The number of fused-ring (bicyclic) bond motifs is 4. The highest BCUT2D eigenvalue weighted by Crippen LogP contribution is 2.62. The summed E-state index contributed by atoms with van der Waals surface area (Å²) in [6.45, 7) is 5.67. The van der Waals surface area contributed by atoms with E-state index in [1.165, 1.54) is 0 Å². The van der Waals surface area contributed by atoms with Crippen molar-refractivity contribution >= 4 is 11.8 Å². The van der Waals surface area contributed by atoms with Crippen LogP contribution in [0.5, 0.6) is 0 Å². The molecule has 1 aliphatic heterocycles. The van der Waals surface area contributed by atoms with E-state index >= 15 is 0 Å². The molecule has 1 saturated carbocycles. The third-order valence-corrected chi connectivity index (χ3v) is 8.59. The summed E-state index contributed by atoms with van der Waals surface area (Å²) in [5, 5.41) is 25.2. The summed E-state index contributed by atoms with van der Waals surface area (Å²) in [5.74, 6) is -1.51. The van der Waals surface area contributed by atoms with E-state index in [0.29, 0.717) is 37.0 Å². The van der Waals surface area contributed by atoms with E-state index < -0.39 is 34.8 Å². The van der Waals surface area contributed by atoms with Gasteiger partial charge < -0.3 is 29.9 Å². The normalized spacial score (nSPS) is 36.6. The Bertz CT molecular complexity index is 966. The molecule has 0 aromatic carbocycles. The summed E-state index contributed by atoms with van der Waals surface area (Å²) in [7, 11) is 5.55. The molecule has 0 spiro atoms. The maximum absolute atomic E-state index is 13.6. The maximum atomic E-state index is 13.6. The number of methoxy groups -OCH3 is 1. The lowest BCUT2D eigenvalue weighted by atomic mass is 9.54. The van der Waals surface area contributed by atoms with Crippen molar-refractivity contribution in [1.29, 1.82) is 0 Å². The fourth-order valence-corrected chi connectivity index (χ4v) is 6.57. The smallest absolute Gasteiger partial charge is 0.340 e. The molecule has 0 aromatic rings. The van der Waals surface area contributed by atoms with Crippen molar-refractivity contribution in [2.45, 2.75) is 58.2 Å². The Kier molecular flexibility index (Phi) is 6.70. The van der Waals surface area contributed by atoms with Gasteiger partial charge in [-0.25, -0.2) is 4.79 Å². The molecule has 0 bridgehead atoms. The Morgan fingerprint density at radius 1 is 1.26 bits per heavy atom. The molecule has 5 atom stereocenters. The Labute approximate surface area is 201 Å². The molecule has 0 radical (unpaired) electrons. The van der Waals surface area contributed by atoms with Gasteiger partial charge in [0.2, 0.25) is 5.78 Å². The Hall–Kier alpha value is -2.16. The van der Waals surface area contributed by atoms with Crippen LogP contribution in [0.15, 0.2) is 34.3 Å². The van der Waals surface area contributed by atoms with Crippen molar-refractivity contribution in [3.8, 4) is 0 Å². The van der Waals surface area contributed by atoms with Crippen molar-refractivity contribution in [2.75, 3.05) is 40.9 Å². The molecule has 0 amide bonds. The van der Waals surface area contributed by atoms with Crippen LogP contribution in [0, 0.1) is 16.7 Å². The topological polar surface area (TPSA) is 108 Å². The number of hydrogen-bond donors (Lipinski definition) is 3. The molecule has 1 heterocycles. The third kappa shape index (κ3) is 3.71. The van der Waals surface area contributed by atoms with Crippen molar-refractivity contribution in [3.63, 3.8) is 0 Å². The largest absolute Gasteiger partial charge is 0.504 e. The number of carbonyl (C=O) groups excluding carboxylic acids is 2. The monoisotopic (exact) mass is 474 g/mol. The van der Waals surface area contributed by atoms with Gasteiger partial charge in [0, 0.05) is 36.4 Å². The number of ketones is 1. The number of cyclic esters (lactones) is 1. The lowest BCUT2D eigenvalue weighted by molar-refractivity contribution is -0.156. The van der Waals surface area contributed by atoms with Gasteiger partial charge in [-0.1, -0.05) is 6.92 Å². The predicted molar refractivity (Wildman–Crippen MR) is 127 cm³/mol. The number of esters is 1. The molecule has 188 valence electrons. The van der Waals surface area contributed by atoms with Crippen LogP contribution in [-0.2, 0) is 19.1 Å². The molecule has 8 heteroatoms. The molecule has 3 aliphatic carbocycles. The van der Waals surface area contributed by atoms with E-state index in [4.69, 9.17) is 9.47 Å². The fraction of sp³-hybridized carbons (Fsp3) is 0.692. The number of rotatable bonds is 7. The second kappa shape index (κ2) is 9.13. The van der Waals surface area contributed by atoms with Gasteiger partial charge in [0.25, 0.3) is 0 Å². The first-order valence-electron chi connectivity index (χ1n) is 12.3. The van der Waals surface area contributed by atoms with Gasteiger partial charge in [0.1, 0.15) is 6.10 Å². The molecule has 1 saturated heterocycles. The average molecular weight is 475 g/mol. The molecule has 3 N–H and O–H groups in total. The van der Waals surface area contributed by atoms with E-state index in [1.54, 1.807) is 13.3 Å². The number of aliphatic hydroxyl groups excluding tert-OH is 2. The van der Waals surface area contributed by atoms with Gasteiger partial charge in [-0.2, -0.15) is 0 Å². The lowest BCUT2D eigenvalue weighted by Gasteiger charge is -2.52. The van der Waals surface area contributed by atoms with Crippen molar-refractivity contribution < 1.29 is 29.3 Å². The summed E-state index contributed by atoms with van der Waals surface area (Å²) in [6, 6.07) is 0. The number of Topliss-reactive ketones (excluding diaryl/α,β-unsaturated/α-hetero) is 1. The first kappa shape index (κ1) is 24.9. The minimum absolute atomic E-state index is 0.128. The molecule has 2 fully saturated rings. The van der Waals surface area contributed by atoms with Gasteiger partial charge >= 0.3 is 5.97 Å². The molecular weight excluding hydrogens is 436 g/mol. The van der Waals surface area contributed by atoms with E-state index in [1.807, 2.05) is 27.9 Å². The lowest BCUT2D eigenvalue weighted by Crippen LogP contribution is -2.53. The van der Waals surface area contributed by atoms with Gasteiger partial charge in [0.15, 0.2) is 5.76 Å². The van der Waals surface area contributed by atoms with Crippen molar-refractivity contribution in [3.05, 3.63) is 34.3 Å². The van der Waals surface area contributed by atoms with Crippen molar-refractivity contribution in [2.24, 2.45) is 16.7 Å². The zero-order valence-electron chi connectivity index (χ0n) is 20.9. The van der Waals surface area contributed by atoms with E-state index in [0.717, 1.165) is 25.0 Å². The quantitative estimate of drug-likeness (QED) is 0.293. The second-order valence-corrected chi connectivity index (χ2v) is 10.8. The van der Waals surface area contributed by atoms with Crippen LogP contribution in [0.2, 0.25) is 0 Å². The van der Waals surface area contributed by atoms with Crippen LogP contribution in [0.3, 0.4) is 0 Å². The number of aliphatic hydroxyl groups is 2. The first-order chi connectivity index (χ1) is 16.1. The Morgan fingerprint density at radius 2 is 2.00 bits per heavy atom. The number of nitrogens with zero attached hydrogens (tertiary/aromatic N) is 1. The van der Waals surface area contributed by atoms with Crippen LogP contribution in [0.25, 0.3) is 0 Å². The number of ether oxygens (including phenoxy) is 2. The first-order valence-corrected chi connectivity index (χ1v) is 12.3. The predicted octanol–water partition coefficient (Wildman–Crippen LogP) is 2.25. The highest BCUT2D eigenvalue weighted by atomic mass is 16.6. The third-order valence-electron chi connectivity index (χ3n) is 8.59. The SMILES string of the molecule is COC[C@H]1OC(=O)/C(=C\NCCCN(C)C)C2=C(O)C(=O)C3=C(CC[C@@]4(C)C3CC[C@@H]4O)[C@]21C. The van der Waals surface area contributed by atoms with Crippen molar-refractivity contribution in [1.82, 2.24) is 10.2 Å². The highest BCUT2D eigenvalue weighted by Gasteiger charge is 2.61. The summed E-state index contributed by atoms with van der Waals surface area (Å²) < 4.78 is 11.3. The Balaban J connectivity index is 1.78. The average Bonchev–Trinajstić information content (AvgIpc) is 3.08.